The number of amides is 4. The van der Waals surface area contributed by atoms with Crippen LogP contribution < -0.4 is 5.32 Å². The predicted molar refractivity (Wildman–Crippen MR) is 216 cm³/mol. The number of H-pyrrole nitrogens is 2. The quantitative estimate of drug-likeness (QED) is 0.157. The van der Waals surface area contributed by atoms with Gasteiger partial charge in [0.2, 0.25) is 0 Å². The molecular formula is C42H52N10O6. The van der Waals surface area contributed by atoms with Crippen LogP contribution in [0.2, 0.25) is 0 Å². The zero-order chi connectivity index (χ0) is 41.8. The molecule has 6 rings (SSSR count). The number of aromatic amines is 2. The van der Waals surface area contributed by atoms with Crippen molar-refractivity contribution in [1.82, 2.24) is 50.2 Å². The first-order valence-electron chi connectivity index (χ1n) is 19.4. The van der Waals surface area contributed by atoms with Crippen LogP contribution in [-0.2, 0) is 14.3 Å². The van der Waals surface area contributed by atoms with Crippen LogP contribution in [0.5, 0.6) is 0 Å². The van der Waals surface area contributed by atoms with E-state index < -0.39 is 24.3 Å². The highest BCUT2D eigenvalue weighted by atomic mass is 16.5. The Hall–Kier alpha value is -6.18. The molecule has 0 spiro atoms. The predicted octanol–water partition coefficient (Wildman–Crippen LogP) is 5.12. The van der Waals surface area contributed by atoms with Crippen molar-refractivity contribution in [2.75, 3.05) is 41.3 Å². The molecule has 0 unspecified atom stereocenters. The number of nitrogens with zero attached hydrogens (tertiary/aromatic N) is 7. The summed E-state index contributed by atoms with van der Waals surface area (Å²) >= 11 is 0. The average Bonchev–Trinajstić information content (AvgIpc) is 4.03. The number of hydrogen-bond donors (Lipinski definition) is 4. The van der Waals surface area contributed by atoms with Gasteiger partial charge in [-0.2, -0.15) is 0 Å². The summed E-state index contributed by atoms with van der Waals surface area (Å²) in [7, 11) is 6.39. The highest BCUT2D eigenvalue weighted by Gasteiger charge is 2.43. The second-order valence-electron chi connectivity index (χ2n) is 15.4. The molecule has 2 aliphatic rings. The standard InChI is InChI=1S/C42H52N10O6/c1-25(2)35(47-41(55)58-8)39(53)51-33(19-21-48(51)5)37-43-23-31(45-37)29-15-11-27(12-16-29)9-10-28-13-17-30(18-14-28)32-24-44-38(46-32)34-20-22-49(6)52(34)40(54)36(26(3)4)50(7)42(56)57/h11-18,23-26,33-36H,19-22H2,1-8H3,(H,43,45)(H,44,46)(H,47,55)(H,56,57)/t33-,34-,35-,36-/m0/s1. The Morgan fingerprint density at radius 2 is 1.22 bits per heavy atom. The van der Waals surface area contributed by atoms with Gasteiger partial charge in [0.05, 0.1) is 30.9 Å². The largest absolute Gasteiger partial charge is 0.465 e. The van der Waals surface area contributed by atoms with E-state index in [0.29, 0.717) is 37.6 Å². The van der Waals surface area contributed by atoms with E-state index in [1.54, 1.807) is 22.4 Å². The van der Waals surface area contributed by atoms with Crippen molar-refractivity contribution in [2.24, 2.45) is 11.8 Å². The number of methoxy groups -OCH3 is 1. The molecule has 2 aromatic heterocycles. The van der Waals surface area contributed by atoms with E-state index in [4.69, 9.17) is 4.74 Å². The van der Waals surface area contributed by atoms with Gasteiger partial charge < -0.3 is 25.1 Å². The van der Waals surface area contributed by atoms with Gasteiger partial charge >= 0.3 is 12.2 Å². The second-order valence-corrected chi connectivity index (χ2v) is 15.4. The molecule has 0 bridgehead atoms. The van der Waals surface area contributed by atoms with Gasteiger partial charge in [-0.15, -0.1) is 0 Å². The van der Waals surface area contributed by atoms with Gasteiger partial charge in [0.1, 0.15) is 35.8 Å². The number of likely N-dealkylation sites (N-methyl/N-ethyl adjacent to an activating group) is 1. The van der Waals surface area contributed by atoms with Crippen molar-refractivity contribution < 1.29 is 29.0 Å². The Kier molecular flexibility index (Phi) is 12.5. The van der Waals surface area contributed by atoms with Crippen LogP contribution in [0.1, 0.15) is 75.4 Å². The molecule has 2 saturated heterocycles. The molecule has 16 heteroatoms. The number of benzene rings is 2. The van der Waals surface area contributed by atoms with Gasteiger partial charge in [0, 0.05) is 45.4 Å². The van der Waals surface area contributed by atoms with Crippen LogP contribution in [0.15, 0.2) is 60.9 Å². The number of carboxylic acid groups (broad SMARTS) is 1. The summed E-state index contributed by atoms with van der Waals surface area (Å²) in [5.74, 6) is 6.90. The van der Waals surface area contributed by atoms with Gasteiger partial charge in [-0.3, -0.25) is 24.5 Å². The number of nitrogens with one attached hydrogen (secondary N) is 3. The number of rotatable bonds is 10. The minimum absolute atomic E-state index is 0.149. The Morgan fingerprint density at radius 1 is 0.776 bits per heavy atom. The number of alkyl carbamates (subject to hydrolysis) is 1. The van der Waals surface area contributed by atoms with Crippen LogP contribution in [0, 0.1) is 23.7 Å². The second kappa shape index (κ2) is 17.5. The number of imidazole rings is 2. The first-order chi connectivity index (χ1) is 27.7. The number of hydrazine groups is 2. The van der Waals surface area contributed by atoms with E-state index in [9.17, 15) is 24.3 Å². The topological polar surface area (TPSA) is 183 Å². The van der Waals surface area contributed by atoms with Crippen molar-refractivity contribution >= 4 is 24.0 Å². The number of carbonyl (C=O) groups is 4. The van der Waals surface area contributed by atoms with Gasteiger partial charge in [-0.1, -0.05) is 63.8 Å². The molecule has 2 aliphatic heterocycles. The third-order valence-electron chi connectivity index (χ3n) is 10.8. The molecule has 4 atom stereocenters. The van der Waals surface area contributed by atoms with Crippen molar-refractivity contribution in [3.05, 3.63) is 83.7 Å². The minimum Gasteiger partial charge on any atom is -0.465 e. The molecule has 4 N–H and O–H groups in total. The first-order valence-corrected chi connectivity index (χ1v) is 19.4. The third-order valence-corrected chi connectivity index (χ3v) is 10.8. The van der Waals surface area contributed by atoms with Gasteiger partial charge in [-0.05, 0) is 60.1 Å². The van der Waals surface area contributed by atoms with E-state index in [2.05, 4.69) is 37.1 Å². The van der Waals surface area contributed by atoms with Crippen LogP contribution in [0.25, 0.3) is 22.5 Å². The number of aromatic nitrogens is 4. The number of ether oxygens (including phenoxy) is 1. The minimum atomic E-state index is -1.15. The zero-order valence-electron chi connectivity index (χ0n) is 34.2. The normalized spacial score (nSPS) is 18.2. The summed E-state index contributed by atoms with van der Waals surface area (Å²) in [5.41, 5.74) is 5.13. The SMILES string of the molecule is COC(=O)N[C@H](C(=O)N1[C@H](c2ncc(-c3ccc(C#Cc4ccc(-c5cnc([C@@H]6CCN(C)N6C(=O)[C@H](C(C)C)N(C)C(=O)O)[nH]5)cc4)cc3)[nH]2)CCN1C)C(C)C. The highest BCUT2D eigenvalue weighted by Crippen LogP contribution is 2.34. The van der Waals surface area contributed by atoms with Crippen molar-refractivity contribution in [1.29, 1.82) is 0 Å². The highest BCUT2D eigenvalue weighted by molar-refractivity contribution is 5.86. The van der Waals surface area contributed by atoms with E-state index >= 15 is 0 Å². The molecule has 0 radical (unpaired) electrons. The Balaban J connectivity index is 1.10. The van der Waals surface area contributed by atoms with E-state index in [1.807, 2.05) is 100 Å². The van der Waals surface area contributed by atoms with Gasteiger partial charge in [0.15, 0.2) is 0 Å². The van der Waals surface area contributed by atoms with Crippen LogP contribution in [0.3, 0.4) is 0 Å². The molecule has 2 aromatic carbocycles. The van der Waals surface area contributed by atoms with E-state index in [0.717, 1.165) is 38.5 Å². The lowest BCUT2D eigenvalue weighted by Gasteiger charge is -2.36. The number of carbonyl (C=O) groups excluding carboxylic acids is 3. The van der Waals surface area contributed by atoms with E-state index in [1.165, 1.54) is 14.2 Å². The van der Waals surface area contributed by atoms with Crippen molar-refractivity contribution in [3.63, 3.8) is 0 Å². The van der Waals surface area contributed by atoms with Gasteiger partial charge in [0.25, 0.3) is 11.8 Å². The lowest BCUT2D eigenvalue weighted by atomic mass is 10.0. The zero-order valence-corrected chi connectivity index (χ0v) is 34.2. The van der Waals surface area contributed by atoms with Crippen molar-refractivity contribution in [2.45, 2.75) is 64.7 Å². The molecule has 2 fully saturated rings. The summed E-state index contributed by atoms with van der Waals surface area (Å²) in [6, 6.07) is 13.4. The smallest absolute Gasteiger partial charge is 0.407 e. The Labute approximate surface area is 338 Å². The van der Waals surface area contributed by atoms with Crippen LogP contribution in [0.4, 0.5) is 9.59 Å². The molecule has 0 saturated carbocycles. The summed E-state index contributed by atoms with van der Waals surface area (Å²) in [6.07, 6.45) is 3.05. The summed E-state index contributed by atoms with van der Waals surface area (Å²) in [4.78, 5) is 68.3. The lowest BCUT2D eigenvalue weighted by Crippen LogP contribution is -2.54. The number of hydrogen-bond acceptors (Lipinski definition) is 9. The molecule has 16 nitrogen and oxygen atoms in total. The fourth-order valence-corrected chi connectivity index (χ4v) is 7.61. The molecule has 4 amide bonds. The maximum atomic E-state index is 13.7. The lowest BCUT2D eigenvalue weighted by molar-refractivity contribution is -0.152. The van der Waals surface area contributed by atoms with Crippen LogP contribution in [-0.4, -0.2) is 127 Å². The third kappa shape index (κ3) is 8.70. The summed E-state index contributed by atoms with van der Waals surface area (Å²) < 4.78 is 4.76. The first kappa shape index (κ1) is 41.5. The maximum absolute atomic E-state index is 13.7. The van der Waals surface area contributed by atoms with E-state index in [-0.39, 0.29) is 35.7 Å². The molecule has 58 heavy (non-hydrogen) atoms. The van der Waals surface area contributed by atoms with Gasteiger partial charge in [-0.25, -0.2) is 29.6 Å². The molecule has 4 aromatic rings. The monoisotopic (exact) mass is 792 g/mol. The summed E-state index contributed by atoms with van der Waals surface area (Å²) in [5, 5.41) is 19.3. The average molecular weight is 793 g/mol. The fraction of sp³-hybridized carbons (Fsp3) is 0.429. The van der Waals surface area contributed by atoms with Crippen LogP contribution >= 0.6 is 0 Å². The molecule has 306 valence electrons. The Bertz CT molecular complexity index is 2170. The molecule has 4 heterocycles. The maximum Gasteiger partial charge on any atom is 0.407 e. The molecule has 0 aliphatic carbocycles. The Morgan fingerprint density at radius 3 is 1.62 bits per heavy atom. The molecular weight excluding hydrogens is 741 g/mol. The fourth-order valence-electron chi connectivity index (χ4n) is 7.61. The summed E-state index contributed by atoms with van der Waals surface area (Å²) in [6.45, 7) is 8.73. The van der Waals surface area contributed by atoms with Crippen molar-refractivity contribution in [3.8, 4) is 34.4 Å².